The van der Waals surface area contributed by atoms with Crippen LogP contribution in [0.1, 0.15) is 19.0 Å². The zero-order valence-corrected chi connectivity index (χ0v) is 10.6. The summed E-state index contributed by atoms with van der Waals surface area (Å²) in [5, 5.41) is 3.30. The summed E-state index contributed by atoms with van der Waals surface area (Å²) in [6.45, 7) is 6.77. The molecule has 0 saturated heterocycles. The summed E-state index contributed by atoms with van der Waals surface area (Å²) in [6.07, 6.45) is 5.69. The Balaban J connectivity index is 2.30. The summed E-state index contributed by atoms with van der Waals surface area (Å²) >= 11 is 1.86. The molecular weight excluding hydrogens is 218 g/mol. The molecule has 0 aliphatic heterocycles. The van der Waals surface area contributed by atoms with Gasteiger partial charge in [0.1, 0.15) is 12.1 Å². The molecule has 4 heteroatoms. The third-order valence-electron chi connectivity index (χ3n) is 2.02. The first-order valence-corrected chi connectivity index (χ1v) is 6.75. The molecule has 0 bridgehead atoms. The maximum atomic E-state index is 4.22. The number of aryl methyl sites for hydroxylation is 1. The lowest BCUT2D eigenvalue weighted by atomic mass is 10.2. The molecule has 0 aliphatic carbocycles. The van der Waals surface area contributed by atoms with E-state index in [9.17, 15) is 0 Å². The highest BCUT2D eigenvalue weighted by atomic mass is 32.2. The Kier molecular flexibility index (Phi) is 6.65. The van der Waals surface area contributed by atoms with Gasteiger partial charge in [0.05, 0.1) is 0 Å². The van der Waals surface area contributed by atoms with Gasteiger partial charge in [-0.2, -0.15) is 11.8 Å². The van der Waals surface area contributed by atoms with Crippen molar-refractivity contribution in [3.05, 3.63) is 30.7 Å². The number of hydrogen-bond acceptors (Lipinski definition) is 4. The molecule has 3 nitrogen and oxygen atoms in total. The maximum Gasteiger partial charge on any atom is 0.129 e. The zero-order valence-electron chi connectivity index (χ0n) is 9.78. The molecule has 0 saturated carbocycles. The Bertz CT molecular complexity index is 315. The van der Waals surface area contributed by atoms with Crippen LogP contribution >= 0.6 is 11.8 Å². The van der Waals surface area contributed by atoms with E-state index in [4.69, 9.17) is 0 Å². The van der Waals surface area contributed by atoms with Gasteiger partial charge in [-0.3, -0.25) is 0 Å². The van der Waals surface area contributed by atoms with E-state index < -0.39 is 0 Å². The third-order valence-corrected chi connectivity index (χ3v) is 2.98. The van der Waals surface area contributed by atoms with Crippen LogP contribution in [-0.4, -0.2) is 28.0 Å². The molecule has 1 aromatic heterocycles. The first kappa shape index (κ1) is 13.0. The number of rotatable bonds is 8. The predicted octanol–water partition coefficient (Wildman–Crippen LogP) is 2.76. The minimum atomic E-state index is 0.928. The molecule has 0 radical (unpaired) electrons. The van der Waals surface area contributed by atoms with E-state index in [1.165, 1.54) is 0 Å². The molecule has 1 aromatic rings. The van der Waals surface area contributed by atoms with Gasteiger partial charge in [0, 0.05) is 29.8 Å². The first-order chi connectivity index (χ1) is 7.86. The molecule has 0 fully saturated rings. The summed E-state index contributed by atoms with van der Waals surface area (Å²) < 4.78 is 0. The molecule has 0 atom stereocenters. The predicted molar refractivity (Wildman–Crippen MR) is 72.0 cm³/mol. The van der Waals surface area contributed by atoms with Crippen molar-refractivity contribution in [2.75, 3.05) is 23.4 Å². The van der Waals surface area contributed by atoms with Crippen LogP contribution in [0.25, 0.3) is 0 Å². The van der Waals surface area contributed by atoms with E-state index >= 15 is 0 Å². The van der Waals surface area contributed by atoms with E-state index in [-0.39, 0.29) is 0 Å². The molecule has 0 aliphatic rings. The van der Waals surface area contributed by atoms with Crippen molar-refractivity contribution in [2.45, 2.75) is 19.8 Å². The molecule has 88 valence electrons. The highest BCUT2D eigenvalue weighted by Gasteiger charge is 1.97. The van der Waals surface area contributed by atoms with Crippen LogP contribution in [0.4, 0.5) is 5.82 Å². The van der Waals surface area contributed by atoms with Gasteiger partial charge in [-0.25, -0.2) is 9.97 Å². The summed E-state index contributed by atoms with van der Waals surface area (Å²) in [7, 11) is 0. The topological polar surface area (TPSA) is 37.8 Å². The lowest BCUT2D eigenvalue weighted by molar-refractivity contribution is 0.872. The molecular formula is C12H19N3S. The van der Waals surface area contributed by atoms with Crippen LogP contribution < -0.4 is 5.32 Å². The Morgan fingerprint density at radius 1 is 1.50 bits per heavy atom. The highest BCUT2D eigenvalue weighted by Crippen LogP contribution is 2.06. The second-order valence-corrected chi connectivity index (χ2v) is 4.58. The molecule has 0 unspecified atom stereocenters. The van der Waals surface area contributed by atoms with Crippen LogP contribution in [-0.2, 0) is 6.42 Å². The molecule has 0 amide bonds. The summed E-state index contributed by atoms with van der Waals surface area (Å²) in [4.78, 5) is 8.41. The molecule has 0 aromatic carbocycles. The van der Waals surface area contributed by atoms with Gasteiger partial charge in [-0.1, -0.05) is 19.4 Å². The van der Waals surface area contributed by atoms with Crippen molar-refractivity contribution >= 4 is 17.6 Å². The Morgan fingerprint density at radius 3 is 3.12 bits per heavy atom. The fourth-order valence-electron chi connectivity index (χ4n) is 1.31. The fourth-order valence-corrected chi connectivity index (χ4v) is 1.88. The van der Waals surface area contributed by atoms with E-state index in [0.29, 0.717) is 0 Å². The quantitative estimate of drug-likeness (QED) is 0.557. The van der Waals surface area contributed by atoms with E-state index in [1.807, 2.05) is 23.9 Å². The second-order valence-electron chi connectivity index (χ2n) is 3.43. The van der Waals surface area contributed by atoms with Crippen LogP contribution in [0.3, 0.4) is 0 Å². The van der Waals surface area contributed by atoms with Gasteiger partial charge in [0.2, 0.25) is 0 Å². The average Bonchev–Trinajstić information content (AvgIpc) is 2.30. The van der Waals surface area contributed by atoms with Gasteiger partial charge in [-0.15, -0.1) is 6.58 Å². The largest absolute Gasteiger partial charge is 0.369 e. The number of thioether (sulfide) groups is 1. The van der Waals surface area contributed by atoms with Crippen molar-refractivity contribution in [1.82, 2.24) is 9.97 Å². The molecule has 1 rings (SSSR count). The number of anilines is 1. The van der Waals surface area contributed by atoms with Gasteiger partial charge in [0.25, 0.3) is 0 Å². The molecule has 16 heavy (non-hydrogen) atoms. The summed E-state index contributed by atoms with van der Waals surface area (Å²) in [5.41, 5.74) is 1.11. The zero-order chi connectivity index (χ0) is 11.6. The Hall–Kier alpha value is -1.03. The third kappa shape index (κ3) is 5.16. The summed E-state index contributed by atoms with van der Waals surface area (Å²) in [5.74, 6) is 3.00. The van der Waals surface area contributed by atoms with E-state index in [1.54, 1.807) is 6.33 Å². The van der Waals surface area contributed by atoms with E-state index in [0.717, 1.165) is 42.4 Å². The number of nitrogens with zero attached hydrogens (tertiary/aromatic N) is 2. The molecule has 1 N–H and O–H groups in total. The minimum Gasteiger partial charge on any atom is -0.369 e. The van der Waals surface area contributed by atoms with Crippen LogP contribution in [0.15, 0.2) is 25.0 Å². The van der Waals surface area contributed by atoms with E-state index in [2.05, 4.69) is 28.8 Å². The van der Waals surface area contributed by atoms with Crippen LogP contribution in [0, 0.1) is 0 Å². The van der Waals surface area contributed by atoms with Crippen molar-refractivity contribution < 1.29 is 0 Å². The Labute approximate surface area is 102 Å². The van der Waals surface area contributed by atoms with Crippen molar-refractivity contribution in [3.8, 4) is 0 Å². The monoisotopic (exact) mass is 237 g/mol. The normalized spacial score (nSPS) is 10.1. The van der Waals surface area contributed by atoms with Crippen molar-refractivity contribution in [3.63, 3.8) is 0 Å². The average molecular weight is 237 g/mol. The van der Waals surface area contributed by atoms with Crippen molar-refractivity contribution in [2.24, 2.45) is 0 Å². The van der Waals surface area contributed by atoms with Gasteiger partial charge in [-0.05, 0) is 6.42 Å². The summed E-state index contributed by atoms with van der Waals surface area (Å²) in [6, 6.07) is 2.03. The Morgan fingerprint density at radius 2 is 2.38 bits per heavy atom. The lowest BCUT2D eigenvalue weighted by Crippen LogP contribution is -2.06. The first-order valence-electron chi connectivity index (χ1n) is 5.60. The number of nitrogens with one attached hydrogen (secondary N) is 1. The van der Waals surface area contributed by atoms with Gasteiger partial charge < -0.3 is 5.32 Å². The lowest BCUT2D eigenvalue weighted by Gasteiger charge is -2.05. The van der Waals surface area contributed by atoms with Crippen LogP contribution in [0.2, 0.25) is 0 Å². The highest BCUT2D eigenvalue weighted by molar-refractivity contribution is 7.99. The van der Waals surface area contributed by atoms with Gasteiger partial charge >= 0.3 is 0 Å². The smallest absolute Gasteiger partial charge is 0.129 e. The standard InChI is InChI=1S/C12H19N3S/c1-3-5-11-9-12(15-10-14-11)13-6-8-16-7-4-2/h4,9-10H,2-3,5-8H2,1H3,(H,13,14,15). The SMILES string of the molecule is C=CCSCCNc1cc(CCC)ncn1. The molecule has 0 spiro atoms. The number of aromatic nitrogens is 2. The number of hydrogen-bond donors (Lipinski definition) is 1. The minimum absolute atomic E-state index is 0.928. The van der Waals surface area contributed by atoms with Crippen LogP contribution in [0.5, 0.6) is 0 Å². The maximum absolute atomic E-state index is 4.22. The van der Waals surface area contributed by atoms with Gasteiger partial charge in [0.15, 0.2) is 0 Å². The molecule has 1 heterocycles. The second kappa shape index (κ2) is 8.16. The fraction of sp³-hybridized carbons (Fsp3) is 0.500. The van der Waals surface area contributed by atoms with Crippen molar-refractivity contribution in [1.29, 1.82) is 0 Å².